The van der Waals surface area contributed by atoms with Crippen LogP contribution in [-0.4, -0.2) is 54.6 Å². The van der Waals surface area contributed by atoms with Gasteiger partial charge in [0.1, 0.15) is 11.9 Å². The maximum Gasteiger partial charge on any atom is 0.229 e. The summed E-state index contributed by atoms with van der Waals surface area (Å²) >= 11 is 0. The van der Waals surface area contributed by atoms with Crippen LogP contribution in [-0.2, 0) is 11.3 Å². The van der Waals surface area contributed by atoms with E-state index < -0.39 is 0 Å². The average Bonchev–Trinajstić information content (AvgIpc) is 2.81. The van der Waals surface area contributed by atoms with Crippen molar-refractivity contribution in [3.05, 3.63) is 53.5 Å². The smallest absolute Gasteiger partial charge is 0.229 e. The summed E-state index contributed by atoms with van der Waals surface area (Å²) in [5.74, 6) is 0.227. The number of nitrogens with one attached hydrogen (secondary N) is 1. The van der Waals surface area contributed by atoms with Crippen LogP contribution in [0.1, 0.15) is 43.7 Å². The molecule has 2 aromatic rings. The van der Waals surface area contributed by atoms with Gasteiger partial charge in [0.05, 0.1) is 6.20 Å². The lowest BCUT2D eigenvalue weighted by Crippen LogP contribution is -2.48. The lowest BCUT2D eigenvalue weighted by molar-refractivity contribution is -0.123. The number of carbonyl (C=O) groups excluding carboxylic acids is 1. The molecule has 178 valence electrons. The third-order valence-corrected chi connectivity index (χ3v) is 6.90. The SMILES string of the molecule is Cc1cc(N(C)C(=O)[C@H]2CC[C@H](Oc3ccc(F)cn3)CC2)ccc1CN1CCN[C@@H](C)C1. The molecule has 0 unspecified atom stereocenters. The second kappa shape index (κ2) is 10.6. The first-order chi connectivity index (χ1) is 15.9. The maximum atomic E-state index is 13.2. The second-order valence-corrected chi connectivity index (χ2v) is 9.50. The van der Waals surface area contributed by atoms with Crippen molar-refractivity contribution in [2.24, 2.45) is 5.92 Å². The van der Waals surface area contributed by atoms with Gasteiger partial charge in [-0.25, -0.2) is 9.37 Å². The molecule has 7 heteroatoms. The van der Waals surface area contributed by atoms with Gasteiger partial charge in [-0.15, -0.1) is 0 Å². The molecule has 0 spiro atoms. The lowest BCUT2D eigenvalue weighted by Gasteiger charge is -2.32. The van der Waals surface area contributed by atoms with Gasteiger partial charge in [-0.3, -0.25) is 9.69 Å². The number of benzene rings is 1. The number of rotatable bonds is 6. The Bertz CT molecular complexity index is 944. The van der Waals surface area contributed by atoms with E-state index in [0.717, 1.165) is 63.7 Å². The zero-order valence-corrected chi connectivity index (χ0v) is 19.9. The van der Waals surface area contributed by atoms with Gasteiger partial charge >= 0.3 is 0 Å². The topological polar surface area (TPSA) is 57.7 Å². The van der Waals surface area contributed by atoms with Gasteiger partial charge in [-0.05, 0) is 68.9 Å². The van der Waals surface area contributed by atoms with Crippen LogP contribution in [0.4, 0.5) is 10.1 Å². The van der Waals surface area contributed by atoms with Crippen molar-refractivity contribution in [2.75, 3.05) is 31.6 Å². The normalized spacial score (nSPS) is 23.8. The van der Waals surface area contributed by atoms with E-state index in [2.05, 4.69) is 47.2 Å². The Morgan fingerprint density at radius 3 is 2.70 bits per heavy atom. The Morgan fingerprint density at radius 2 is 2.03 bits per heavy atom. The summed E-state index contributed by atoms with van der Waals surface area (Å²) in [4.78, 5) is 21.4. The number of nitrogens with zero attached hydrogens (tertiary/aromatic N) is 3. The van der Waals surface area contributed by atoms with E-state index in [1.807, 2.05) is 7.05 Å². The predicted octanol–water partition coefficient (Wildman–Crippen LogP) is 3.92. The molecule has 33 heavy (non-hydrogen) atoms. The number of halogens is 1. The molecule has 0 radical (unpaired) electrons. The molecule has 4 rings (SSSR count). The molecule has 1 aliphatic carbocycles. The minimum atomic E-state index is -0.374. The summed E-state index contributed by atoms with van der Waals surface area (Å²) < 4.78 is 18.9. The zero-order chi connectivity index (χ0) is 23.4. The third kappa shape index (κ3) is 6.09. The first-order valence-electron chi connectivity index (χ1n) is 12.0. The highest BCUT2D eigenvalue weighted by Crippen LogP contribution is 2.30. The molecule has 1 aliphatic heterocycles. The van der Waals surface area contributed by atoms with Crippen molar-refractivity contribution in [1.29, 1.82) is 0 Å². The molecule has 1 aromatic heterocycles. The fourth-order valence-corrected chi connectivity index (χ4v) is 4.89. The van der Waals surface area contributed by atoms with Crippen molar-refractivity contribution in [3.8, 4) is 5.88 Å². The minimum Gasteiger partial charge on any atom is -0.474 e. The van der Waals surface area contributed by atoms with Crippen LogP contribution in [0.15, 0.2) is 36.5 Å². The molecule has 2 fully saturated rings. The third-order valence-electron chi connectivity index (χ3n) is 6.90. The first-order valence-corrected chi connectivity index (χ1v) is 12.0. The van der Waals surface area contributed by atoms with E-state index in [-0.39, 0.29) is 23.7 Å². The summed E-state index contributed by atoms with van der Waals surface area (Å²) in [5, 5.41) is 3.49. The van der Waals surface area contributed by atoms with Crippen LogP contribution in [0.5, 0.6) is 5.88 Å². The number of anilines is 1. The van der Waals surface area contributed by atoms with Crippen LogP contribution in [0, 0.1) is 18.7 Å². The summed E-state index contributed by atoms with van der Waals surface area (Å²) in [6, 6.07) is 9.80. The summed E-state index contributed by atoms with van der Waals surface area (Å²) in [7, 11) is 1.87. The molecular formula is C26H35FN4O2. The monoisotopic (exact) mass is 454 g/mol. The molecule has 1 N–H and O–H groups in total. The average molecular weight is 455 g/mol. The highest BCUT2D eigenvalue weighted by Gasteiger charge is 2.30. The summed E-state index contributed by atoms with van der Waals surface area (Å²) in [6.45, 7) is 8.46. The van der Waals surface area contributed by atoms with E-state index in [0.29, 0.717) is 11.9 Å². The van der Waals surface area contributed by atoms with Gasteiger partial charge in [-0.1, -0.05) is 6.07 Å². The number of amides is 1. The van der Waals surface area contributed by atoms with Crippen LogP contribution in [0.2, 0.25) is 0 Å². The molecule has 0 bridgehead atoms. The predicted molar refractivity (Wildman–Crippen MR) is 128 cm³/mol. The number of aromatic nitrogens is 1. The van der Waals surface area contributed by atoms with Crippen molar-refractivity contribution in [2.45, 2.75) is 58.2 Å². The van der Waals surface area contributed by atoms with Crippen LogP contribution < -0.4 is 15.0 Å². The van der Waals surface area contributed by atoms with Crippen LogP contribution in [0.25, 0.3) is 0 Å². The van der Waals surface area contributed by atoms with E-state index >= 15 is 0 Å². The van der Waals surface area contributed by atoms with Crippen LogP contribution in [0.3, 0.4) is 0 Å². The number of carbonyl (C=O) groups is 1. The molecule has 1 saturated carbocycles. The zero-order valence-electron chi connectivity index (χ0n) is 19.9. The first kappa shape index (κ1) is 23.6. The summed E-state index contributed by atoms with van der Waals surface area (Å²) in [5.41, 5.74) is 3.49. The summed E-state index contributed by atoms with van der Waals surface area (Å²) in [6.07, 6.45) is 4.35. The fourth-order valence-electron chi connectivity index (χ4n) is 4.89. The van der Waals surface area contributed by atoms with E-state index in [1.54, 1.807) is 11.0 Å². The van der Waals surface area contributed by atoms with Crippen molar-refractivity contribution >= 4 is 11.6 Å². The molecule has 1 atom stereocenters. The number of hydrogen-bond acceptors (Lipinski definition) is 5. The van der Waals surface area contributed by atoms with Gasteiger partial charge in [0.15, 0.2) is 0 Å². The van der Waals surface area contributed by atoms with Crippen molar-refractivity contribution in [1.82, 2.24) is 15.2 Å². The molecule has 2 heterocycles. The highest BCUT2D eigenvalue weighted by molar-refractivity contribution is 5.94. The Balaban J connectivity index is 1.30. The number of aryl methyl sites for hydroxylation is 1. The molecule has 1 saturated heterocycles. The van der Waals surface area contributed by atoms with Crippen molar-refractivity contribution in [3.63, 3.8) is 0 Å². The van der Waals surface area contributed by atoms with Crippen LogP contribution >= 0.6 is 0 Å². The maximum absolute atomic E-state index is 13.2. The molecule has 1 amide bonds. The lowest BCUT2D eigenvalue weighted by atomic mass is 9.86. The Kier molecular flexibility index (Phi) is 7.60. The fraction of sp³-hybridized carbons (Fsp3) is 0.538. The van der Waals surface area contributed by atoms with Gasteiger partial charge in [0.2, 0.25) is 11.8 Å². The second-order valence-electron chi connectivity index (χ2n) is 9.50. The van der Waals surface area contributed by atoms with E-state index in [1.165, 1.54) is 17.2 Å². The van der Waals surface area contributed by atoms with Crippen molar-refractivity contribution < 1.29 is 13.9 Å². The molecular weight excluding hydrogens is 419 g/mol. The van der Waals surface area contributed by atoms with Gasteiger partial charge in [-0.2, -0.15) is 0 Å². The Labute approximate surface area is 196 Å². The quantitative estimate of drug-likeness (QED) is 0.717. The Morgan fingerprint density at radius 1 is 1.24 bits per heavy atom. The molecule has 1 aromatic carbocycles. The molecule has 2 aliphatic rings. The standard InChI is InChI=1S/C26H35FN4O2/c1-18-14-23(8-4-21(18)17-31-13-12-28-19(2)16-31)30(3)26(32)20-5-9-24(10-6-20)33-25-11-7-22(27)15-29-25/h4,7-8,11,14-15,19-20,24,28H,5-6,9-10,12-13,16-17H2,1-3H3/t19-,20-,24-/m0/s1. The van der Waals surface area contributed by atoms with Gasteiger partial charge in [0.25, 0.3) is 0 Å². The van der Waals surface area contributed by atoms with Gasteiger partial charge in [0, 0.05) is 56.9 Å². The number of ether oxygens (including phenoxy) is 1. The largest absolute Gasteiger partial charge is 0.474 e. The number of pyridine rings is 1. The van der Waals surface area contributed by atoms with Gasteiger partial charge < -0.3 is 15.0 Å². The van der Waals surface area contributed by atoms with E-state index in [9.17, 15) is 9.18 Å². The van der Waals surface area contributed by atoms with E-state index in [4.69, 9.17) is 4.74 Å². The Hall–Kier alpha value is -2.51. The number of hydrogen-bond donors (Lipinski definition) is 1. The minimum absolute atomic E-state index is 0.00153. The molecule has 6 nitrogen and oxygen atoms in total. The number of piperazine rings is 1. The highest BCUT2D eigenvalue weighted by atomic mass is 19.1.